The lowest BCUT2D eigenvalue weighted by Crippen LogP contribution is -2.19. The Morgan fingerprint density at radius 2 is 1.81 bits per heavy atom. The van der Waals surface area contributed by atoms with Gasteiger partial charge in [0.2, 0.25) is 0 Å². The highest BCUT2D eigenvalue weighted by Crippen LogP contribution is 2.39. The van der Waals surface area contributed by atoms with Crippen LogP contribution in [0.15, 0.2) is 54.1 Å². The molecule has 0 aromatic heterocycles. The van der Waals surface area contributed by atoms with Gasteiger partial charge in [0.1, 0.15) is 0 Å². The lowest BCUT2D eigenvalue weighted by atomic mass is 9.73. The van der Waals surface area contributed by atoms with Crippen molar-refractivity contribution in [3.63, 3.8) is 0 Å². The van der Waals surface area contributed by atoms with Crippen LogP contribution in [0.25, 0.3) is 0 Å². The van der Waals surface area contributed by atoms with Crippen LogP contribution in [-0.2, 0) is 0 Å². The first-order valence-electron chi connectivity index (χ1n) is 8.24. The van der Waals surface area contributed by atoms with E-state index in [0.717, 1.165) is 12.0 Å². The van der Waals surface area contributed by atoms with E-state index in [-0.39, 0.29) is 0 Å². The summed E-state index contributed by atoms with van der Waals surface area (Å²) in [6.45, 7) is 4.56. The normalized spacial score (nSPS) is 20.6. The van der Waals surface area contributed by atoms with Gasteiger partial charge in [-0.05, 0) is 36.8 Å². The Morgan fingerprint density at radius 1 is 1.00 bits per heavy atom. The summed E-state index contributed by atoms with van der Waals surface area (Å²) in [4.78, 5) is 0. The minimum Gasteiger partial charge on any atom is -0.0768 e. The molecule has 1 aliphatic carbocycles. The van der Waals surface area contributed by atoms with Gasteiger partial charge in [-0.1, -0.05) is 81.4 Å². The summed E-state index contributed by atoms with van der Waals surface area (Å²) >= 11 is 0. The molecule has 0 saturated heterocycles. The van der Waals surface area contributed by atoms with E-state index in [2.05, 4.69) is 56.0 Å². The number of hydrogen-bond acceptors (Lipinski definition) is 0. The maximum Gasteiger partial charge on any atom is 0.0249 e. The summed E-state index contributed by atoms with van der Waals surface area (Å²) in [6, 6.07) is 10.2. The van der Waals surface area contributed by atoms with Gasteiger partial charge in [0, 0.05) is 11.1 Å². The third-order valence-electron chi connectivity index (χ3n) is 4.25. The van der Waals surface area contributed by atoms with Crippen LogP contribution in [0, 0.1) is 17.3 Å². The molecule has 0 bridgehead atoms. The Labute approximate surface area is 130 Å². The quantitative estimate of drug-likeness (QED) is 0.588. The fourth-order valence-electron chi connectivity index (χ4n) is 3.00. The zero-order chi connectivity index (χ0) is 15.0. The number of unbranched alkanes of at least 4 members (excludes halogenated alkanes) is 1. The summed E-state index contributed by atoms with van der Waals surface area (Å²) in [7, 11) is 0. The third-order valence-corrected chi connectivity index (χ3v) is 4.25. The SMILES string of the molecule is CCCCC1(CCC)C=CC(C#Cc2ccccc2)=CC1. The topological polar surface area (TPSA) is 0 Å². The molecule has 1 aromatic carbocycles. The van der Waals surface area contributed by atoms with Gasteiger partial charge in [0.15, 0.2) is 0 Å². The summed E-state index contributed by atoms with van der Waals surface area (Å²) < 4.78 is 0. The first-order chi connectivity index (χ1) is 10.3. The third kappa shape index (κ3) is 4.64. The van der Waals surface area contributed by atoms with Crippen LogP contribution in [0.2, 0.25) is 0 Å². The van der Waals surface area contributed by atoms with E-state index >= 15 is 0 Å². The molecule has 0 heteroatoms. The smallest absolute Gasteiger partial charge is 0.0249 e. The van der Waals surface area contributed by atoms with Gasteiger partial charge in [0.25, 0.3) is 0 Å². The molecule has 21 heavy (non-hydrogen) atoms. The predicted molar refractivity (Wildman–Crippen MR) is 92.0 cm³/mol. The molecule has 2 rings (SSSR count). The van der Waals surface area contributed by atoms with Crippen molar-refractivity contribution in [3.05, 3.63) is 59.7 Å². The average Bonchev–Trinajstić information content (AvgIpc) is 2.54. The minimum atomic E-state index is 0.392. The van der Waals surface area contributed by atoms with Crippen molar-refractivity contribution >= 4 is 0 Å². The van der Waals surface area contributed by atoms with E-state index < -0.39 is 0 Å². The Morgan fingerprint density at radius 3 is 2.43 bits per heavy atom. The van der Waals surface area contributed by atoms with Crippen molar-refractivity contribution < 1.29 is 0 Å². The molecule has 110 valence electrons. The zero-order valence-corrected chi connectivity index (χ0v) is 13.4. The maximum absolute atomic E-state index is 3.30. The van der Waals surface area contributed by atoms with Crippen LogP contribution >= 0.6 is 0 Å². The minimum absolute atomic E-state index is 0.392. The molecule has 1 unspecified atom stereocenters. The number of benzene rings is 1. The van der Waals surface area contributed by atoms with E-state index in [1.807, 2.05) is 18.2 Å². The summed E-state index contributed by atoms with van der Waals surface area (Å²) in [5.41, 5.74) is 2.65. The van der Waals surface area contributed by atoms with E-state index in [1.165, 1.54) is 37.7 Å². The molecule has 0 spiro atoms. The highest BCUT2D eigenvalue weighted by atomic mass is 14.3. The molecular weight excluding hydrogens is 252 g/mol. The molecule has 0 N–H and O–H groups in total. The van der Waals surface area contributed by atoms with Crippen molar-refractivity contribution in [1.29, 1.82) is 0 Å². The molecule has 0 radical (unpaired) electrons. The molecule has 0 fully saturated rings. The molecule has 1 atom stereocenters. The zero-order valence-electron chi connectivity index (χ0n) is 13.4. The monoisotopic (exact) mass is 278 g/mol. The van der Waals surface area contributed by atoms with Gasteiger partial charge in [-0.3, -0.25) is 0 Å². The standard InChI is InChI=1S/C21H26/c1-3-5-16-21(15-4-2)17-13-20(14-18-21)12-11-19-9-7-6-8-10-19/h6-10,13-14,17H,3-5,15-16,18H2,1-2H3. The summed E-state index contributed by atoms with van der Waals surface area (Å²) in [5, 5.41) is 0. The van der Waals surface area contributed by atoms with Gasteiger partial charge in [-0.15, -0.1) is 0 Å². The molecule has 0 amide bonds. The average molecular weight is 278 g/mol. The number of allylic oxidation sites excluding steroid dienone is 4. The summed E-state index contributed by atoms with van der Waals surface area (Å²) in [6.07, 6.45) is 14.6. The maximum atomic E-state index is 3.30. The lowest BCUT2D eigenvalue weighted by Gasteiger charge is -2.31. The van der Waals surface area contributed by atoms with Crippen LogP contribution < -0.4 is 0 Å². The molecule has 0 nitrogen and oxygen atoms in total. The summed E-state index contributed by atoms with van der Waals surface area (Å²) in [5.74, 6) is 6.55. The van der Waals surface area contributed by atoms with Crippen molar-refractivity contribution in [2.24, 2.45) is 5.41 Å². The van der Waals surface area contributed by atoms with Gasteiger partial charge in [-0.2, -0.15) is 0 Å². The van der Waals surface area contributed by atoms with Crippen LogP contribution in [0.4, 0.5) is 0 Å². The molecule has 0 saturated carbocycles. The van der Waals surface area contributed by atoms with Crippen molar-refractivity contribution in [2.45, 2.75) is 52.4 Å². The van der Waals surface area contributed by atoms with Gasteiger partial charge < -0.3 is 0 Å². The van der Waals surface area contributed by atoms with E-state index in [4.69, 9.17) is 0 Å². The van der Waals surface area contributed by atoms with Crippen molar-refractivity contribution in [2.75, 3.05) is 0 Å². The molecule has 0 heterocycles. The highest BCUT2D eigenvalue weighted by Gasteiger charge is 2.26. The van der Waals surface area contributed by atoms with Crippen LogP contribution in [0.3, 0.4) is 0 Å². The van der Waals surface area contributed by atoms with Crippen LogP contribution in [0.1, 0.15) is 57.9 Å². The number of rotatable bonds is 5. The fourth-order valence-corrected chi connectivity index (χ4v) is 3.00. The van der Waals surface area contributed by atoms with Crippen molar-refractivity contribution in [3.8, 4) is 11.8 Å². The van der Waals surface area contributed by atoms with Crippen molar-refractivity contribution in [1.82, 2.24) is 0 Å². The predicted octanol–water partition coefficient (Wildman–Crippen LogP) is 5.90. The second-order valence-electron chi connectivity index (χ2n) is 6.03. The Kier molecular flexibility index (Phi) is 5.88. The van der Waals surface area contributed by atoms with Gasteiger partial charge in [-0.25, -0.2) is 0 Å². The first-order valence-corrected chi connectivity index (χ1v) is 8.24. The molecule has 1 aliphatic rings. The Bertz CT molecular complexity index is 551. The first kappa shape index (κ1) is 15.6. The highest BCUT2D eigenvalue weighted by molar-refractivity contribution is 5.46. The van der Waals surface area contributed by atoms with Gasteiger partial charge in [0.05, 0.1) is 0 Å². The van der Waals surface area contributed by atoms with Crippen LogP contribution in [-0.4, -0.2) is 0 Å². The molecule has 1 aromatic rings. The van der Waals surface area contributed by atoms with E-state index in [9.17, 15) is 0 Å². The second kappa shape index (κ2) is 7.89. The van der Waals surface area contributed by atoms with Crippen LogP contribution in [0.5, 0.6) is 0 Å². The molecule has 0 aliphatic heterocycles. The largest absolute Gasteiger partial charge is 0.0768 e. The van der Waals surface area contributed by atoms with E-state index in [1.54, 1.807) is 0 Å². The fraction of sp³-hybridized carbons (Fsp3) is 0.429. The van der Waals surface area contributed by atoms with Gasteiger partial charge >= 0.3 is 0 Å². The lowest BCUT2D eigenvalue weighted by molar-refractivity contribution is 0.309. The second-order valence-corrected chi connectivity index (χ2v) is 6.03. The molecular formula is C21H26. The Hall–Kier alpha value is -1.74. The Balaban J connectivity index is 2.04. The van der Waals surface area contributed by atoms with E-state index in [0.29, 0.717) is 5.41 Å². The number of hydrogen-bond donors (Lipinski definition) is 0.